The Morgan fingerprint density at radius 3 is 2.44 bits per heavy atom. The summed E-state index contributed by atoms with van der Waals surface area (Å²) in [5.41, 5.74) is 0.0126. The van der Waals surface area contributed by atoms with Gasteiger partial charge in [0.05, 0.1) is 12.6 Å². The zero-order valence-corrected chi connectivity index (χ0v) is 9.98. The van der Waals surface area contributed by atoms with Gasteiger partial charge in [0.2, 0.25) is 0 Å². The lowest BCUT2D eigenvalue weighted by molar-refractivity contribution is -0.138. The maximum Gasteiger partial charge on any atom is 0.317 e. The zero-order valence-electron chi connectivity index (χ0n) is 9.98. The molecule has 1 atom stereocenters. The van der Waals surface area contributed by atoms with Crippen LogP contribution in [0.3, 0.4) is 0 Å². The Kier molecular flexibility index (Phi) is 4.49. The Hall–Kier alpha value is -1.82. The van der Waals surface area contributed by atoms with E-state index in [1.54, 1.807) is 0 Å². The Morgan fingerprint density at radius 1 is 1.33 bits per heavy atom. The van der Waals surface area contributed by atoms with Crippen LogP contribution in [0.5, 0.6) is 0 Å². The molecule has 6 heteroatoms. The van der Waals surface area contributed by atoms with Crippen LogP contribution in [-0.4, -0.2) is 41.4 Å². The summed E-state index contributed by atoms with van der Waals surface area (Å²) in [6, 6.07) is 2.12. The molecule has 0 aliphatic rings. The van der Waals surface area contributed by atoms with E-state index in [0.717, 1.165) is 12.1 Å². The summed E-state index contributed by atoms with van der Waals surface area (Å²) in [7, 11) is 1.47. The van der Waals surface area contributed by atoms with Crippen LogP contribution in [-0.2, 0) is 4.79 Å². The Bertz CT molecular complexity index is 476. The van der Waals surface area contributed by atoms with Crippen molar-refractivity contribution in [2.75, 3.05) is 13.6 Å². The number of likely N-dealkylation sites (N-methyl/N-ethyl adjacent to an activating group) is 1. The smallest absolute Gasteiger partial charge is 0.317 e. The van der Waals surface area contributed by atoms with Crippen LogP contribution in [0.2, 0.25) is 0 Å². The summed E-state index contributed by atoms with van der Waals surface area (Å²) >= 11 is 0. The number of benzene rings is 1. The number of halogens is 2. The fraction of sp³-hybridized carbons (Fsp3) is 0.333. The van der Waals surface area contributed by atoms with E-state index in [4.69, 9.17) is 5.11 Å². The summed E-state index contributed by atoms with van der Waals surface area (Å²) < 4.78 is 25.7. The molecule has 1 aromatic rings. The monoisotopic (exact) mass is 257 g/mol. The van der Waals surface area contributed by atoms with Gasteiger partial charge in [-0.15, -0.1) is 0 Å². The predicted molar refractivity (Wildman–Crippen MR) is 60.4 cm³/mol. The third-order valence-electron chi connectivity index (χ3n) is 2.63. The molecule has 0 spiro atoms. The van der Waals surface area contributed by atoms with Gasteiger partial charge in [0, 0.05) is 5.56 Å². The third kappa shape index (κ3) is 3.33. The van der Waals surface area contributed by atoms with E-state index in [2.05, 4.69) is 0 Å². The molecular weight excluding hydrogens is 244 g/mol. The normalized spacial score (nSPS) is 12.5. The second-order valence-electron chi connectivity index (χ2n) is 3.98. The van der Waals surface area contributed by atoms with Crippen LogP contribution in [0.1, 0.15) is 17.3 Å². The molecule has 1 aromatic carbocycles. The number of rotatable bonds is 5. The molecule has 0 heterocycles. The van der Waals surface area contributed by atoms with Gasteiger partial charge in [-0.2, -0.15) is 0 Å². The molecule has 1 rings (SSSR count). The van der Waals surface area contributed by atoms with Gasteiger partial charge < -0.3 is 5.11 Å². The molecule has 0 fully saturated rings. The molecule has 0 aliphatic carbocycles. The van der Waals surface area contributed by atoms with Crippen molar-refractivity contribution in [2.24, 2.45) is 0 Å². The first-order valence-electron chi connectivity index (χ1n) is 5.24. The summed E-state index contributed by atoms with van der Waals surface area (Å²) in [5, 5.41) is 8.60. The van der Waals surface area contributed by atoms with Gasteiger partial charge in [-0.05, 0) is 32.2 Å². The van der Waals surface area contributed by atoms with E-state index in [0.29, 0.717) is 0 Å². The second-order valence-corrected chi connectivity index (χ2v) is 3.98. The zero-order chi connectivity index (χ0) is 13.9. The summed E-state index contributed by atoms with van der Waals surface area (Å²) in [6.07, 6.45) is 0. The van der Waals surface area contributed by atoms with Crippen LogP contribution < -0.4 is 0 Å². The maximum atomic E-state index is 13.0. The van der Waals surface area contributed by atoms with Crippen LogP contribution >= 0.6 is 0 Å². The molecule has 0 radical (unpaired) electrons. The molecule has 0 bridgehead atoms. The number of carboxylic acid groups (broad SMARTS) is 1. The van der Waals surface area contributed by atoms with Crippen molar-refractivity contribution >= 4 is 11.8 Å². The molecule has 0 aromatic heterocycles. The number of hydrogen-bond acceptors (Lipinski definition) is 3. The molecule has 4 nitrogen and oxygen atoms in total. The van der Waals surface area contributed by atoms with Crippen molar-refractivity contribution in [3.8, 4) is 0 Å². The largest absolute Gasteiger partial charge is 0.480 e. The van der Waals surface area contributed by atoms with Crippen LogP contribution in [0.4, 0.5) is 8.78 Å². The highest BCUT2D eigenvalue weighted by Crippen LogP contribution is 2.12. The number of nitrogens with zero attached hydrogens (tertiary/aromatic N) is 1. The molecule has 1 N–H and O–H groups in total. The Labute approximate surface area is 103 Å². The summed E-state index contributed by atoms with van der Waals surface area (Å²) in [6.45, 7) is 1.20. The maximum absolute atomic E-state index is 13.0. The quantitative estimate of drug-likeness (QED) is 0.813. The van der Waals surface area contributed by atoms with E-state index < -0.39 is 29.4 Å². The average Bonchev–Trinajstić information content (AvgIpc) is 2.30. The molecule has 0 saturated heterocycles. The third-order valence-corrected chi connectivity index (χ3v) is 2.63. The number of aliphatic carboxylic acids is 1. The molecule has 0 amide bonds. The number of carbonyl (C=O) groups is 2. The summed E-state index contributed by atoms with van der Waals surface area (Å²) in [5.74, 6) is -3.66. The average molecular weight is 257 g/mol. The molecule has 0 aliphatic heterocycles. The minimum Gasteiger partial charge on any atom is -0.480 e. The minimum atomic E-state index is -1.10. The van der Waals surface area contributed by atoms with Gasteiger partial charge in [-0.3, -0.25) is 14.5 Å². The van der Waals surface area contributed by atoms with Crippen molar-refractivity contribution in [1.29, 1.82) is 0 Å². The first kappa shape index (κ1) is 14.2. The number of ketones is 1. The van der Waals surface area contributed by atoms with Crippen molar-refractivity contribution in [2.45, 2.75) is 13.0 Å². The molecule has 18 heavy (non-hydrogen) atoms. The highest BCUT2D eigenvalue weighted by atomic mass is 19.2. The SMILES string of the molecule is CC(C(=O)c1ccc(F)c(F)c1)N(C)CC(=O)O. The molecule has 1 unspecified atom stereocenters. The molecule has 98 valence electrons. The fourth-order valence-electron chi connectivity index (χ4n) is 1.44. The van der Waals surface area contributed by atoms with E-state index in [1.165, 1.54) is 24.9 Å². The lowest BCUT2D eigenvalue weighted by Crippen LogP contribution is -2.39. The number of carbonyl (C=O) groups excluding carboxylic acids is 1. The predicted octanol–water partition coefficient (Wildman–Crippen LogP) is 1.55. The van der Waals surface area contributed by atoms with Crippen LogP contribution in [0, 0.1) is 11.6 Å². The number of hydrogen-bond donors (Lipinski definition) is 1. The Morgan fingerprint density at radius 2 is 1.94 bits per heavy atom. The number of carboxylic acids is 1. The topological polar surface area (TPSA) is 57.6 Å². The highest BCUT2D eigenvalue weighted by molar-refractivity contribution is 6.00. The van der Waals surface area contributed by atoms with E-state index >= 15 is 0 Å². The first-order valence-corrected chi connectivity index (χ1v) is 5.24. The fourth-order valence-corrected chi connectivity index (χ4v) is 1.44. The van der Waals surface area contributed by atoms with E-state index in [-0.39, 0.29) is 12.1 Å². The standard InChI is InChI=1S/C12H13F2NO3/c1-7(15(2)6-11(16)17)12(18)8-3-4-9(13)10(14)5-8/h3-5,7H,6H2,1-2H3,(H,16,17). The molecular formula is C12H13F2NO3. The van der Waals surface area contributed by atoms with Crippen molar-refractivity contribution < 1.29 is 23.5 Å². The van der Waals surface area contributed by atoms with Crippen LogP contribution in [0.25, 0.3) is 0 Å². The Balaban J connectivity index is 2.86. The first-order chi connectivity index (χ1) is 8.32. The minimum absolute atomic E-state index is 0.0126. The van der Waals surface area contributed by atoms with Gasteiger partial charge in [0.1, 0.15) is 0 Å². The van der Waals surface area contributed by atoms with Gasteiger partial charge in [-0.25, -0.2) is 8.78 Å². The highest BCUT2D eigenvalue weighted by Gasteiger charge is 2.22. The lowest BCUT2D eigenvalue weighted by atomic mass is 10.0. The van der Waals surface area contributed by atoms with Gasteiger partial charge in [-0.1, -0.05) is 0 Å². The van der Waals surface area contributed by atoms with Crippen LogP contribution in [0.15, 0.2) is 18.2 Å². The summed E-state index contributed by atoms with van der Waals surface area (Å²) in [4.78, 5) is 23.7. The lowest BCUT2D eigenvalue weighted by Gasteiger charge is -2.21. The van der Waals surface area contributed by atoms with Gasteiger partial charge in [0.25, 0.3) is 0 Å². The van der Waals surface area contributed by atoms with Gasteiger partial charge >= 0.3 is 5.97 Å². The molecule has 0 saturated carbocycles. The van der Waals surface area contributed by atoms with Crippen molar-refractivity contribution in [3.63, 3.8) is 0 Å². The number of Topliss-reactive ketones (excluding diaryl/α,β-unsaturated/α-hetero) is 1. The van der Waals surface area contributed by atoms with E-state index in [1.807, 2.05) is 0 Å². The van der Waals surface area contributed by atoms with E-state index in [9.17, 15) is 18.4 Å². The van der Waals surface area contributed by atoms with Crippen molar-refractivity contribution in [1.82, 2.24) is 4.90 Å². The second kappa shape index (κ2) is 5.68. The van der Waals surface area contributed by atoms with Crippen molar-refractivity contribution in [3.05, 3.63) is 35.4 Å². The van der Waals surface area contributed by atoms with Gasteiger partial charge in [0.15, 0.2) is 17.4 Å².